The Morgan fingerprint density at radius 2 is 2.14 bits per heavy atom. The largest absolute Gasteiger partial charge is 0.496 e. The van der Waals surface area contributed by atoms with Gasteiger partial charge in [-0.15, -0.1) is 0 Å². The van der Waals surface area contributed by atoms with E-state index in [1.54, 1.807) is 7.11 Å². The Kier molecular flexibility index (Phi) is 7.04. The molecule has 0 bridgehead atoms. The molecule has 1 aromatic carbocycles. The minimum Gasteiger partial charge on any atom is -0.496 e. The molecular weight excluding hydrogens is 262 g/mol. The molecule has 0 saturated heterocycles. The lowest BCUT2D eigenvalue weighted by Crippen LogP contribution is -2.14. The molecule has 0 atom stereocenters. The molecule has 0 aliphatic heterocycles. The Morgan fingerprint density at radius 3 is 2.81 bits per heavy atom. The monoisotopic (exact) mass is 291 g/mol. The number of rotatable bonds is 10. The first-order chi connectivity index (χ1) is 10.3. The van der Waals surface area contributed by atoms with Gasteiger partial charge in [-0.2, -0.15) is 0 Å². The van der Waals surface area contributed by atoms with Crippen molar-refractivity contribution in [2.45, 2.75) is 52.2 Å². The van der Waals surface area contributed by atoms with Gasteiger partial charge in [0.05, 0.1) is 13.7 Å². The van der Waals surface area contributed by atoms with Gasteiger partial charge >= 0.3 is 0 Å². The maximum absolute atomic E-state index is 5.85. The van der Waals surface area contributed by atoms with E-state index in [0.717, 1.165) is 43.3 Å². The number of hydrogen-bond donors (Lipinski definition) is 1. The van der Waals surface area contributed by atoms with E-state index in [-0.39, 0.29) is 0 Å². The summed E-state index contributed by atoms with van der Waals surface area (Å²) in [6.07, 6.45) is 6.56. The number of nitrogens with one attached hydrogen (secondary N) is 1. The van der Waals surface area contributed by atoms with Crippen molar-refractivity contribution < 1.29 is 9.47 Å². The third-order valence-electron chi connectivity index (χ3n) is 4.25. The second kappa shape index (κ2) is 9.06. The van der Waals surface area contributed by atoms with Crippen LogP contribution in [0.5, 0.6) is 5.75 Å². The van der Waals surface area contributed by atoms with E-state index in [9.17, 15) is 0 Å². The van der Waals surface area contributed by atoms with E-state index >= 15 is 0 Å². The highest BCUT2D eigenvalue weighted by Crippen LogP contribution is 2.29. The van der Waals surface area contributed by atoms with E-state index in [1.807, 2.05) is 6.07 Å². The highest BCUT2D eigenvalue weighted by Gasteiger charge is 2.16. The third-order valence-corrected chi connectivity index (χ3v) is 4.25. The second-order valence-corrected chi connectivity index (χ2v) is 5.96. The normalized spacial score (nSPS) is 15.0. The van der Waals surface area contributed by atoms with Crippen molar-refractivity contribution in [3.63, 3.8) is 0 Å². The van der Waals surface area contributed by atoms with Crippen LogP contribution in [-0.4, -0.2) is 20.3 Å². The standard InChI is InChI=1S/C18H29NO2/c1-3-10-19-13-16-7-8-18(20-2)17(12-16)14-21-11-9-15-5-4-6-15/h7-8,12,15,19H,3-6,9-11,13-14H2,1-2H3. The van der Waals surface area contributed by atoms with E-state index < -0.39 is 0 Å². The molecule has 1 aliphatic carbocycles. The van der Waals surface area contributed by atoms with Crippen LogP contribution in [0.1, 0.15) is 50.2 Å². The Morgan fingerprint density at radius 1 is 1.29 bits per heavy atom. The topological polar surface area (TPSA) is 30.5 Å². The molecular formula is C18H29NO2. The molecule has 1 aliphatic rings. The van der Waals surface area contributed by atoms with Crippen molar-refractivity contribution in [1.29, 1.82) is 0 Å². The molecule has 1 saturated carbocycles. The second-order valence-electron chi connectivity index (χ2n) is 5.96. The fourth-order valence-corrected chi connectivity index (χ4v) is 2.68. The summed E-state index contributed by atoms with van der Waals surface area (Å²) in [7, 11) is 1.72. The first kappa shape index (κ1) is 16.3. The fourth-order valence-electron chi connectivity index (χ4n) is 2.68. The fraction of sp³-hybridized carbons (Fsp3) is 0.667. The molecule has 0 aromatic heterocycles. The SMILES string of the molecule is CCCNCc1ccc(OC)c(COCCC2CCC2)c1. The van der Waals surface area contributed by atoms with Gasteiger partial charge in [-0.1, -0.05) is 32.3 Å². The van der Waals surface area contributed by atoms with Crippen molar-refractivity contribution in [3.05, 3.63) is 29.3 Å². The van der Waals surface area contributed by atoms with E-state index in [2.05, 4.69) is 24.4 Å². The summed E-state index contributed by atoms with van der Waals surface area (Å²) >= 11 is 0. The lowest BCUT2D eigenvalue weighted by molar-refractivity contribution is 0.0936. The van der Waals surface area contributed by atoms with Crippen molar-refractivity contribution in [1.82, 2.24) is 5.32 Å². The van der Waals surface area contributed by atoms with Crippen LogP contribution in [-0.2, 0) is 17.9 Å². The minimum atomic E-state index is 0.650. The summed E-state index contributed by atoms with van der Waals surface area (Å²) < 4.78 is 11.3. The van der Waals surface area contributed by atoms with E-state index in [0.29, 0.717) is 6.61 Å². The van der Waals surface area contributed by atoms with Gasteiger partial charge in [-0.05, 0) is 43.0 Å². The highest BCUT2D eigenvalue weighted by atomic mass is 16.5. The van der Waals surface area contributed by atoms with Crippen molar-refractivity contribution in [2.75, 3.05) is 20.3 Å². The van der Waals surface area contributed by atoms with Gasteiger partial charge in [0, 0.05) is 18.7 Å². The van der Waals surface area contributed by atoms with Crippen LogP contribution >= 0.6 is 0 Å². The molecule has 1 N–H and O–H groups in total. The molecule has 3 heteroatoms. The van der Waals surface area contributed by atoms with Crippen molar-refractivity contribution in [2.24, 2.45) is 5.92 Å². The summed E-state index contributed by atoms with van der Waals surface area (Å²) in [5.74, 6) is 1.84. The van der Waals surface area contributed by atoms with Crippen LogP contribution in [0.15, 0.2) is 18.2 Å². The predicted octanol–water partition coefficient (Wildman–Crippen LogP) is 3.90. The molecule has 1 fully saturated rings. The van der Waals surface area contributed by atoms with Gasteiger partial charge in [0.1, 0.15) is 5.75 Å². The predicted molar refractivity (Wildman–Crippen MR) is 86.6 cm³/mol. The quantitative estimate of drug-likeness (QED) is 0.663. The van der Waals surface area contributed by atoms with Crippen LogP contribution in [0.2, 0.25) is 0 Å². The zero-order valence-electron chi connectivity index (χ0n) is 13.5. The number of benzene rings is 1. The van der Waals surface area contributed by atoms with Crippen LogP contribution < -0.4 is 10.1 Å². The Labute approximate surface area is 129 Å². The summed E-state index contributed by atoms with van der Waals surface area (Å²) in [6.45, 7) is 5.66. The molecule has 0 spiro atoms. The summed E-state index contributed by atoms with van der Waals surface area (Å²) in [4.78, 5) is 0. The number of ether oxygens (including phenoxy) is 2. The van der Waals surface area contributed by atoms with Gasteiger partial charge < -0.3 is 14.8 Å². The Hall–Kier alpha value is -1.06. The average Bonchev–Trinajstić information content (AvgIpc) is 2.45. The van der Waals surface area contributed by atoms with Gasteiger partial charge in [0.25, 0.3) is 0 Å². The highest BCUT2D eigenvalue weighted by molar-refractivity contribution is 5.36. The number of methoxy groups -OCH3 is 1. The summed E-state index contributed by atoms with van der Waals surface area (Å²) in [6, 6.07) is 6.37. The zero-order chi connectivity index (χ0) is 14.9. The lowest BCUT2D eigenvalue weighted by atomic mass is 9.83. The van der Waals surface area contributed by atoms with Gasteiger partial charge in [0.2, 0.25) is 0 Å². The lowest BCUT2D eigenvalue weighted by Gasteiger charge is -2.24. The maximum Gasteiger partial charge on any atom is 0.124 e. The zero-order valence-corrected chi connectivity index (χ0v) is 13.5. The molecule has 3 nitrogen and oxygen atoms in total. The molecule has 1 aromatic rings. The van der Waals surface area contributed by atoms with E-state index in [1.165, 1.54) is 31.2 Å². The van der Waals surface area contributed by atoms with Gasteiger partial charge in [-0.3, -0.25) is 0 Å². The smallest absolute Gasteiger partial charge is 0.124 e. The van der Waals surface area contributed by atoms with Crippen LogP contribution in [0.3, 0.4) is 0 Å². The van der Waals surface area contributed by atoms with Crippen LogP contribution in [0.4, 0.5) is 0 Å². The molecule has 0 amide bonds. The molecule has 0 unspecified atom stereocenters. The third kappa shape index (κ3) is 5.33. The Balaban J connectivity index is 1.80. The van der Waals surface area contributed by atoms with E-state index in [4.69, 9.17) is 9.47 Å². The molecule has 118 valence electrons. The summed E-state index contributed by atoms with van der Waals surface area (Å²) in [5.41, 5.74) is 2.45. The Bertz CT molecular complexity index is 416. The number of hydrogen-bond acceptors (Lipinski definition) is 3. The summed E-state index contributed by atoms with van der Waals surface area (Å²) in [5, 5.41) is 3.43. The first-order valence-electron chi connectivity index (χ1n) is 8.27. The first-order valence-corrected chi connectivity index (χ1v) is 8.27. The van der Waals surface area contributed by atoms with Gasteiger partial charge in [0.15, 0.2) is 0 Å². The van der Waals surface area contributed by atoms with Crippen molar-refractivity contribution >= 4 is 0 Å². The van der Waals surface area contributed by atoms with Gasteiger partial charge in [-0.25, -0.2) is 0 Å². The minimum absolute atomic E-state index is 0.650. The van der Waals surface area contributed by atoms with Crippen LogP contribution in [0.25, 0.3) is 0 Å². The molecule has 0 radical (unpaired) electrons. The molecule has 21 heavy (non-hydrogen) atoms. The molecule has 0 heterocycles. The molecule has 2 rings (SSSR count). The van der Waals surface area contributed by atoms with Crippen molar-refractivity contribution in [3.8, 4) is 5.75 Å². The van der Waals surface area contributed by atoms with Crippen LogP contribution in [0, 0.1) is 5.92 Å². The maximum atomic E-state index is 5.85. The average molecular weight is 291 g/mol.